The number of carbonyl (C=O) groups is 1. The van der Waals surface area contributed by atoms with Crippen LogP contribution < -0.4 is 5.32 Å². The number of imidazole rings is 1. The van der Waals surface area contributed by atoms with E-state index in [2.05, 4.69) is 26.2 Å². The van der Waals surface area contributed by atoms with Crippen molar-refractivity contribution in [3.63, 3.8) is 0 Å². The highest BCUT2D eigenvalue weighted by Gasteiger charge is 2.30. The molecule has 0 saturated carbocycles. The minimum atomic E-state index is -0.691. The number of hydrogen-bond acceptors (Lipinski definition) is 6. The number of rotatable bonds is 6. The summed E-state index contributed by atoms with van der Waals surface area (Å²) in [6.07, 6.45) is 9.65. The van der Waals surface area contributed by atoms with Gasteiger partial charge in [-0.1, -0.05) is 40.5 Å². The fourth-order valence-electron chi connectivity index (χ4n) is 2.75. The van der Waals surface area contributed by atoms with Crippen LogP contribution in [0, 0.1) is 12.3 Å². The number of alkyl halides is 1. The van der Waals surface area contributed by atoms with Crippen LogP contribution in [0.1, 0.15) is 75.2 Å². The number of carbonyl (C=O) groups excluding carboxylic acids is 1. The van der Waals surface area contributed by atoms with Crippen LogP contribution in [-0.2, 0) is 15.0 Å². The van der Waals surface area contributed by atoms with Gasteiger partial charge >= 0.3 is 6.09 Å². The molecule has 2 atom stereocenters. The summed E-state index contributed by atoms with van der Waals surface area (Å²) >= 11 is 0. The predicted octanol–water partition coefficient (Wildman–Crippen LogP) is 5.97. The summed E-state index contributed by atoms with van der Waals surface area (Å²) in [4.78, 5) is 24.9. The van der Waals surface area contributed by atoms with Gasteiger partial charge in [-0.3, -0.25) is 14.3 Å². The highest BCUT2D eigenvalue weighted by Crippen LogP contribution is 2.29. The van der Waals surface area contributed by atoms with Crippen molar-refractivity contribution in [3.8, 4) is 12.3 Å². The van der Waals surface area contributed by atoms with Crippen LogP contribution in [0.2, 0.25) is 0 Å². The highest BCUT2D eigenvalue weighted by molar-refractivity contribution is 5.93. The molecule has 1 N–H and O–H groups in total. The zero-order chi connectivity index (χ0) is 26.2. The van der Waals surface area contributed by atoms with Crippen molar-refractivity contribution in [3.05, 3.63) is 12.7 Å². The molecule has 0 aromatic carbocycles. The Hall–Kier alpha value is -2.73. The molecule has 188 valence electrons. The van der Waals surface area contributed by atoms with Crippen molar-refractivity contribution < 1.29 is 18.7 Å². The maximum Gasteiger partial charge on any atom is 0.413 e. The average molecular weight is 468 g/mol. The Bertz CT molecular complexity index is 854. The van der Waals surface area contributed by atoms with Crippen LogP contribution in [0.4, 0.5) is 15.0 Å². The number of amides is 1. The van der Waals surface area contributed by atoms with E-state index in [1.807, 2.05) is 46.1 Å². The van der Waals surface area contributed by atoms with Crippen molar-refractivity contribution in [2.24, 2.45) is 0 Å². The number of halogens is 1. The molecular weight excluding hydrogens is 425 g/mol. The SMILES string of the molecule is C#CC(C)(CC(CC)OC)n1cnc2c(NC(=O)OC(C)(C)C)ncnc21.CC.CC.CF. The predicted molar refractivity (Wildman–Crippen MR) is 133 cm³/mol. The Morgan fingerprint density at radius 2 is 1.76 bits per heavy atom. The van der Waals surface area contributed by atoms with Crippen LogP contribution in [0.5, 0.6) is 0 Å². The van der Waals surface area contributed by atoms with E-state index in [1.54, 1.807) is 34.2 Å². The number of methoxy groups -OCH3 is 1. The number of ether oxygens (including phenoxy) is 2. The molecular formula is C24H42FN5O3. The fourth-order valence-corrected chi connectivity index (χ4v) is 2.75. The first-order valence-corrected chi connectivity index (χ1v) is 11.2. The van der Waals surface area contributed by atoms with Crippen molar-refractivity contribution in [1.29, 1.82) is 0 Å². The second-order valence-electron chi connectivity index (χ2n) is 7.52. The second kappa shape index (κ2) is 16.0. The molecule has 2 unspecified atom stereocenters. The van der Waals surface area contributed by atoms with Gasteiger partial charge in [0.05, 0.1) is 19.6 Å². The van der Waals surface area contributed by atoms with E-state index in [0.29, 0.717) is 24.8 Å². The van der Waals surface area contributed by atoms with Crippen LogP contribution in [0.3, 0.4) is 0 Å². The van der Waals surface area contributed by atoms with Crippen molar-refractivity contribution >= 4 is 23.1 Å². The number of terminal acetylenes is 1. The summed E-state index contributed by atoms with van der Waals surface area (Å²) < 4.78 is 22.1. The standard InChI is InChI=1S/C19H27N5O3.2C2H6.CH3F/c1-8-13(26-7)10-19(6,9-2)24-12-22-14-15(20-11-21-16(14)24)23-17(25)27-18(3,4)5;3*1-2/h2,11-13H,8,10H2,1,3-7H3,(H,20,21,23,25);2*1-2H3;1H3. The third-order valence-corrected chi connectivity index (χ3v) is 4.21. The normalized spacial score (nSPS) is 12.8. The van der Waals surface area contributed by atoms with Crippen LogP contribution in [-0.4, -0.2) is 51.6 Å². The van der Waals surface area contributed by atoms with E-state index >= 15 is 0 Å². The van der Waals surface area contributed by atoms with E-state index in [0.717, 1.165) is 6.42 Å². The molecule has 2 heterocycles. The zero-order valence-corrected chi connectivity index (χ0v) is 22.1. The summed E-state index contributed by atoms with van der Waals surface area (Å²) in [7, 11) is 2.17. The molecule has 2 aromatic heterocycles. The van der Waals surface area contributed by atoms with Gasteiger partial charge in [0.15, 0.2) is 17.0 Å². The lowest BCUT2D eigenvalue weighted by molar-refractivity contribution is 0.0635. The third kappa shape index (κ3) is 9.74. The maximum absolute atomic E-state index is 12.1. The Morgan fingerprint density at radius 1 is 1.18 bits per heavy atom. The average Bonchev–Trinajstić information content (AvgIpc) is 3.26. The summed E-state index contributed by atoms with van der Waals surface area (Å²) in [6, 6.07) is 0. The first-order chi connectivity index (χ1) is 15.6. The molecule has 0 bridgehead atoms. The lowest BCUT2D eigenvalue weighted by Crippen LogP contribution is -2.33. The van der Waals surface area contributed by atoms with E-state index < -0.39 is 17.2 Å². The van der Waals surface area contributed by atoms with Crippen LogP contribution >= 0.6 is 0 Å². The molecule has 9 heteroatoms. The number of anilines is 1. The molecule has 2 rings (SSSR count). The van der Waals surface area contributed by atoms with Gasteiger partial charge in [-0.05, 0) is 34.1 Å². The van der Waals surface area contributed by atoms with Gasteiger partial charge in [0.25, 0.3) is 0 Å². The quantitative estimate of drug-likeness (QED) is 0.526. The molecule has 0 spiro atoms. The Balaban J connectivity index is 0. The van der Waals surface area contributed by atoms with Gasteiger partial charge in [-0.25, -0.2) is 19.7 Å². The van der Waals surface area contributed by atoms with E-state index in [-0.39, 0.29) is 11.9 Å². The van der Waals surface area contributed by atoms with E-state index in [1.165, 1.54) is 6.33 Å². The molecule has 0 aliphatic heterocycles. The topological polar surface area (TPSA) is 91.2 Å². The molecule has 2 aromatic rings. The Morgan fingerprint density at radius 3 is 2.21 bits per heavy atom. The molecule has 0 aliphatic rings. The zero-order valence-electron chi connectivity index (χ0n) is 22.1. The summed E-state index contributed by atoms with van der Waals surface area (Å²) in [6.45, 7) is 17.3. The number of hydrogen-bond donors (Lipinski definition) is 1. The minimum absolute atomic E-state index is 0.00435. The lowest BCUT2D eigenvalue weighted by atomic mass is 9.93. The lowest BCUT2D eigenvalue weighted by Gasteiger charge is -2.29. The summed E-state index contributed by atoms with van der Waals surface area (Å²) in [5, 5.41) is 2.62. The second-order valence-corrected chi connectivity index (χ2v) is 7.52. The van der Waals surface area contributed by atoms with Crippen LogP contribution in [0.25, 0.3) is 11.2 Å². The monoisotopic (exact) mass is 467 g/mol. The Kier molecular flexibility index (Phi) is 15.7. The largest absolute Gasteiger partial charge is 0.444 e. The van der Waals surface area contributed by atoms with Gasteiger partial charge in [0, 0.05) is 13.5 Å². The number of aromatic nitrogens is 4. The van der Waals surface area contributed by atoms with Crippen molar-refractivity contribution in [1.82, 2.24) is 19.5 Å². The first-order valence-electron chi connectivity index (χ1n) is 11.2. The number of nitrogens with zero attached hydrogens (tertiary/aromatic N) is 4. The van der Waals surface area contributed by atoms with Gasteiger partial charge < -0.3 is 9.47 Å². The first kappa shape index (κ1) is 32.4. The molecule has 8 nitrogen and oxygen atoms in total. The molecule has 0 fully saturated rings. The molecule has 33 heavy (non-hydrogen) atoms. The number of fused-ring (bicyclic) bond motifs is 1. The van der Waals surface area contributed by atoms with Crippen molar-refractivity contribution in [2.75, 3.05) is 19.6 Å². The molecule has 0 saturated heterocycles. The maximum atomic E-state index is 12.1. The van der Waals surface area contributed by atoms with Gasteiger partial charge in [0.1, 0.15) is 17.5 Å². The van der Waals surface area contributed by atoms with E-state index in [9.17, 15) is 9.18 Å². The Labute approximate surface area is 198 Å². The number of nitrogens with one attached hydrogen (secondary N) is 1. The third-order valence-electron chi connectivity index (χ3n) is 4.21. The van der Waals surface area contributed by atoms with Gasteiger partial charge in [0.2, 0.25) is 0 Å². The highest BCUT2D eigenvalue weighted by atomic mass is 19.1. The summed E-state index contributed by atoms with van der Waals surface area (Å²) in [5.41, 5.74) is -0.339. The smallest absolute Gasteiger partial charge is 0.413 e. The van der Waals surface area contributed by atoms with Crippen LogP contribution in [0.15, 0.2) is 12.7 Å². The van der Waals surface area contributed by atoms with Gasteiger partial charge in [-0.2, -0.15) is 0 Å². The minimum Gasteiger partial charge on any atom is -0.444 e. The summed E-state index contributed by atoms with van der Waals surface area (Å²) in [5.74, 6) is 3.10. The molecule has 0 radical (unpaired) electrons. The van der Waals surface area contributed by atoms with E-state index in [4.69, 9.17) is 15.9 Å². The fraction of sp³-hybridized carbons (Fsp3) is 0.667. The molecule has 0 aliphatic carbocycles. The molecule has 1 amide bonds. The van der Waals surface area contributed by atoms with Crippen molar-refractivity contribution in [2.45, 2.75) is 92.4 Å². The van der Waals surface area contributed by atoms with Gasteiger partial charge in [-0.15, -0.1) is 6.42 Å².